The molecule has 5 atom stereocenters. The van der Waals surface area contributed by atoms with Gasteiger partial charge in [0.1, 0.15) is 6.10 Å². The van der Waals surface area contributed by atoms with Gasteiger partial charge in [-0.1, -0.05) is 25.5 Å². The SMILES string of the molecule is C=CCO[C@@]12CC[C@H](O)[C@@H]3Oc4c(OCCCC)ccc(c4C31C)C[C@H]2N(C)CC1CC1. The van der Waals surface area contributed by atoms with Crippen LogP contribution >= 0.6 is 0 Å². The zero-order valence-electron chi connectivity index (χ0n) is 19.9. The molecule has 32 heavy (non-hydrogen) atoms. The van der Waals surface area contributed by atoms with E-state index < -0.39 is 17.1 Å². The van der Waals surface area contributed by atoms with E-state index in [4.69, 9.17) is 14.2 Å². The quantitative estimate of drug-likeness (QED) is 0.435. The molecular formula is C27H39NO4. The van der Waals surface area contributed by atoms with Gasteiger partial charge in [-0.05, 0) is 70.0 Å². The molecule has 0 aromatic heterocycles. The van der Waals surface area contributed by atoms with E-state index in [-0.39, 0.29) is 12.1 Å². The van der Waals surface area contributed by atoms with Gasteiger partial charge in [-0.2, -0.15) is 0 Å². The van der Waals surface area contributed by atoms with Crippen LogP contribution in [0.25, 0.3) is 0 Å². The molecule has 0 bridgehead atoms. The predicted molar refractivity (Wildman–Crippen MR) is 126 cm³/mol. The minimum atomic E-state index is -0.517. The molecule has 2 fully saturated rings. The Morgan fingerprint density at radius 3 is 2.84 bits per heavy atom. The molecule has 5 heteroatoms. The number of rotatable bonds is 10. The van der Waals surface area contributed by atoms with Crippen molar-refractivity contribution < 1.29 is 19.3 Å². The molecule has 0 radical (unpaired) electrons. The standard InChI is InChI=1S/C27H39NO4/c1-5-7-15-30-21-11-10-19-16-22(28(4)17-18-8-9-18)27(31-14-6-2)13-12-20(29)25-26(27,3)23(19)24(21)32-25/h6,10-11,18,20,22,25,29H,2,5,7-9,12-17H2,1,3-4H3/t20-,22+,25-,26?,27+/m0/s1. The second kappa shape index (κ2) is 8.34. The molecule has 1 N–H and O–H groups in total. The van der Waals surface area contributed by atoms with Crippen LogP contribution in [0.4, 0.5) is 0 Å². The van der Waals surface area contributed by atoms with Crippen molar-refractivity contribution in [2.75, 3.05) is 26.8 Å². The lowest BCUT2D eigenvalue weighted by molar-refractivity contribution is -0.200. The van der Waals surface area contributed by atoms with Crippen molar-refractivity contribution in [1.82, 2.24) is 4.90 Å². The van der Waals surface area contributed by atoms with Crippen molar-refractivity contribution in [2.24, 2.45) is 5.92 Å². The summed E-state index contributed by atoms with van der Waals surface area (Å²) in [5, 5.41) is 11.1. The molecule has 3 aliphatic carbocycles. The minimum absolute atomic E-state index is 0.233. The number of benzene rings is 1. The van der Waals surface area contributed by atoms with Crippen molar-refractivity contribution in [2.45, 2.75) is 88.1 Å². The van der Waals surface area contributed by atoms with Crippen molar-refractivity contribution in [3.05, 3.63) is 35.9 Å². The average molecular weight is 442 g/mol. The van der Waals surface area contributed by atoms with E-state index >= 15 is 0 Å². The van der Waals surface area contributed by atoms with Crippen LogP contribution in [0.2, 0.25) is 0 Å². The van der Waals surface area contributed by atoms with E-state index in [1.165, 1.54) is 24.0 Å². The molecule has 0 spiro atoms. The number of aliphatic hydroxyl groups excluding tert-OH is 1. The first-order valence-corrected chi connectivity index (χ1v) is 12.5. The number of likely N-dealkylation sites (N-methyl/N-ethyl adjacent to an activating group) is 1. The molecule has 176 valence electrons. The number of unbranched alkanes of at least 4 members (excludes halogenated alkanes) is 1. The van der Waals surface area contributed by atoms with Gasteiger partial charge in [0.25, 0.3) is 0 Å². The summed E-state index contributed by atoms with van der Waals surface area (Å²) in [5.41, 5.74) is 1.64. The lowest BCUT2D eigenvalue weighted by atomic mass is 9.52. The molecule has 5 rings (SSSR count). The molecule has 5 nitrogen and oxygen atoms in total. The molecule has 1 aromatic carbocycles. The summed E-state index contributed by atoms with van der Waals surface area (Å²) < 4.78 is 19.6. The summed E-state index contributed by atoms with van der Waals surface area (Å²) >= 11 is 0. The molecule has 0 amide bonds. The first-order chi connectivity index (χ1) is 15.5. The van der Waals surface area contributed by atoms with E-state index in [0.29, 0.717) is 19.6 Å². The van der Waals surface area contributed by atoms with Gasteiger partial charge in [0.15, 0.2) is 11.5 Å². The lowest BCUT2D eigenvalue weighted by Gasteiger charge is -2.60. The molecule has 4 aliphatic rings. The molecule has 1 aliphatic heterocycles. The van der Waals surface area contributed by atoms with Crippen molar-refractivity contribution >= 4 is 0 Å². The third kappa shape index (κ3) is 3.23. The number of ether oxygens (including phenoxy) is 3. The number of hydrogen-bond acceptors (Lipinski definition) is 5. The highest BCUT2D eigenvalue weighted by molar-refractivity contribution is 5.62. The maximum atomic E-state index is 11.1. The smallest absolute Gasteiger partial charge is 0.166 e. The summed E-state index contributed by atoms with van der Waals surface area (Å²) in [4.78, 5) is 2.54. The summed E-state index contributed by atoms with van der Waals surface area (Å²) in [5.74, 6) is 2.45. The van der Waals surface area contributed by atoms with E-state index in [9.17, 15) is 5.11 Å². The van der Waals surface area contributed by atoms with Gasteiger partial charge in [0, 0.05) is 18.2 Å². The van der Waals surface area contributed by atoms with Crippen LogP contribution in [0.3, 0.4) is 0 Å². The van der Waals surface area contributed by atoms with Gasteiger partial charge in [-0.3, -0.25) is 4.90 Å². The maximum Gasteiger partial charge on any atom is 0.166 e. The van der Waals surface area contributed by atoms with Gasteiger partial charge in [-0.15, -0.1) is 6.58 Å². The topological polar surface area (TPSA) is 51.2 Å². The van der Waals surface area contributed by atoms with Crippen molar-refractivity contribution in [3.63, 3.8) is 0 Å². The Morgan fingerprint density at radius 1 is 1.31 bits per heavy atom. The van der Waals surface area contributed by atoms with Crippen LogP contribution in [0.5, 0.6) is 11.5 Å². The second-order valence-corrected chi connectivity index (χ2v) is 10.6. The third-order valence-corrected chi connectivity index (χ3v) is 8.52. The average Bonchev–Trinajstić information content (AvgIpc) is 3.53. The fourth-order valence-electron chi connectivity index (χ4n) is 6.74. The van der Waals surface area contributed by atoms with Crippen molar-refractivity contribution in [1.29, 1.82) is 0 Å². The molecule has 1 aromatic rings. The summed E-state index contributed by atoms with van der Waals surface area (Å²) in [6.07, 6.45) is 8.20. The van der Waals surface area contributed by atoms with Gasteiger partial charge < -0.3 is 19.3 Å². The monoisotopic (exact) mass is 441 g/mol. The van der Waals surface area contributed by atoms with Gasteiger partial charge in [0.05, 0.1) is 30.3 Å². The Bertz CT molecular complexity index is 867. The fourth-order valence-corrected chi connectivity index (χ4v) is 6.74. The summed E-state index contributed by atoms with van der Waals surface area (Å²) in [6, 6.07) is 4.54. The van der Waals surface area contributed by atoms with Crippen LogP contribution in [0, 0.1) is 5.92 Å². The number of aliphatic hydroxyl groups is 1. The molecule has 0 saturated heterocycles. The largest absolute Gasteiger partial charge is 0.490 e. The van der Waals surface area contributed by atoms with Gasteiger partial charge >= 0.3 is 0 Å². The zero-order chi connectivity index (χ0) is 22.5. The van der Waals surface area contributed by atoms with Crippen LogP contribution in [0.1, 0.15) is 63.5 Å². The van der Waals surface area contributed by atoms with E-state index in [2.05, 4.69) is 44.5 Å². The van der Waals surface area contributed by atoms with Crippen molar-refractivity contribution in [3.8, 4) is 11.5 Å². The van der Waals surface area contributed by atoms with E-state index in [0.717, 1.165) is 49.6 Å². The maximum absolute atomic E-state index is 11.1. The lowest BCUT2D eigenvalue weighted by Crippen LogP contribution is -2.73. The van der Waals surface area contributed by atoms with Gasteiger partial charge in [-0.25, -0.2) is 0 Å². The molecule has 1 unspecified atom stereocenters. The Kier molecular flexibility index (Phi) is 5.80. The zero-order valence-corrected chi connectivity index (χ0v) is 19.9. The molecule has 2 saturated carbocycles. The summed E-state index contributed by atoms with van der Waals surface area (Å²) in [7, 11) is 2.26. The minimum Gasteiger partial charge on any atom is -0.490 e. The second-order valence-electron chi connectivity index (χ2n) is 10.6. The van der Waals surface area contributed by atoms with Crippen LogP contribution in [0.15, 0.2) is 24.8 Å². The molecule has 1 heterocycles. The molecular weight excluding hydrogens is 402 g/mol. The number of nitrogens with zero attached hydrogens (tertiary/aromatic N) is 1. The highest BCUT2D eigenvalue weighted by atomic mass is 16.5. The highest BCUT2D eigenvalue weighted by Gasteiger charge is 2.70. The Morgan fingerprint density at radius 2 is 2.12 bits per heavy atom. The fraction of sp³-hybridized carbons (Fsp3) is 0.704. The first kappa shape index (κ1) is 22.2. The highest BCUT2D eigenvalue weighted by Crippen LogP contribution is 2.63. The Labute approximate surface area is 192 Å². The third-order valence-electron chi connectivity index (χ3n) is 8.52. The van der Waals surface area contributed by atoms with E-state index in [1.54, 1.807) is 0 Å². The van der Waals surface area contributed by atoms with E-state index in [1.807, 2.05) is 6.08 Å². The van der Waals surface area contributed by atoms with Crippen LogP contribution < -0.4 is 9.47 Å². The van der Waals surface area contributed by atoms with Gasteiger partial charge in [0.2, 0.25) is 0 Å². The Balaban J connectivity index is 1.62. The Hall–Kier alpha value is -1.56. The first-order valence-electron chi connectivity index (χ1n) is 12.5. The number of hydrogen-bond donors (Lipinski definition) is 1. The van der Waals surface area contributed by atoms with Crippen LogP contribution in [-0.2, 0) is 16.6 Å². The van der Waals surface area contributed by atoms with Crippen LogP contribution in [-0.4, -0.2) is 60.7 Å². The predicted octanol–water partition coefficient (Wildman–Crippen LogP) is 4.25. The summed E-state index contributed by atoms with van der Waals surface area (Å²) in [6.45, 7) is 10.7. The normalized spacial score (nSPS) is 34.8.